The van der Waals surface area contributed by atoms with Crippen LogP contribution in [0, 0.1) is 0 Å². The Morgan fingerprint density at radius 1 is 1.53 bits per heavy atom. The lowest BCUT2D eigenvalue weighted by Crippen LogP contribution is -2.42. The molecule has 1 aliphatic heterocycles. The lowest BCUT2D eigenvalue weighted by atomic mass is 10.1. The summed E-state index contributed by atoms with van der Waals surface area (Å²) in [5.41, 5.74) is 4.96. The summed E-state index contributed by atoms with van der Waals surface area (Å²) in [5, 5.41) is 9.84. The predicted octanol–water partition coefficient (Wildman–Crippen LogP) is 1.10. The van der Waals surface area contributed by atoms with Gasteiger partial charge in [0.05, 0.1) is 12.1 Å². The first-order valence-corrected chi connectivity index (χ1v) is 6.23. The van der Waals surface area contributed by atoms with Gasteiger partial charge in [-0.2, -0.15) is 0 Å². The second-order valence-corrected chi connectivity index (χ2v) is 5.53. The number of aliphatic hydroxyl groups excluding tert-OH is 1. The Kier molecular flexibility index (Phi) is 4.77. The van der Waals surface area contributed by atoms with E-state index in [2.05, 4.69) is 0 Å². The Morgan fingerprint density at radius 2 is 2.18 bits per heavy atom. The van der Waals surface area contributed by atoms with E-state index < -0.39 is 11.7 Å². The summed E-state index contributed by atoms with van der Waals surface area (Å²) in [6.45, 7) is 6.65. The first-order chi connectivity index (χ1) is 7.85. The van der Waals surface area contributed by atoms with Crippen molar-refractivity contribution >= 4 is 6.09 Å². The number of carbonyl (C=O) groups excluding carboxylic acids is 1. The third-order valence-corrected chi connectivity index (χ3v) is 2.84. The third-order valence-electron chi connectivity index (χ3n) is 2.84. The highest BCUT2D eigenvalue weighted by atomic mass is 16.6. The van der Waals surface area contributed by atoms with Gasteiger partial charge in [-0.1, -0.05) is 0 Å². The monoisotopic (exact) mass is 244 g/mol. The van der Waals surface area contributed by atoms with Crippen molar-refractivity contribution in [2.75, 3.05) is 13.1 Å². The van der Waals surface area contributed by atoms with Crippen LogP contribution >= 0.6 is 0 Å². The fraction of sp³-hybridized carbons (Fsp3) is 0.917. The van der Waals surface area contributed by atoms with Crippen LogP contribution in [0.3, 0.4) is 0 Å². The summed E-state index contributed by atoms with van der Waals surface area (Å²) in [6.07, 6.45) is 1.37. The second kappa shape index (κ2) is 5.69. The molecule has 0 saturated carbocycles. The Hall–Kier alpha value is -0.810. The van der Waals surface area contributed by atoms with E-state index in [0.29, 0.717) is 19.5 Å². The Balaban J connectivity index is 2.59. The van der Waals surface area contributed by atoms with Crippen LogP contribution < -0.4 is 5.73 Å². The molecule has 0 radical (unpaired) electrons. The third kappa shape index (κ3) is 4.16. The molecular weight excluding hydrogens is 220 g/mol. The smallest absolute Gasteiger partial charge is 0.410 e. The van der Waals surface area contributed by atoms with Crippen molar-refractivity contribution in [3.8, 4) is 0 Å². The van der Waals surface area contributed by atoms with Gasteiger partial charge in [0.1, 0.15) is 5.60 Å². The SMILES string of the molecule is CC(C)(C)OC(=O)N1CCC(O)C1CCCN. The number of hydrogen-bond acceptors (Lipinski definition) is 4. The normalized spacial score (nSPS) is 25.1. The molecule has 1 heterocycles. The maximum Gasteiger partial charge on any atom is 0.410 e. The van der Waals surface area contributed by atoms with Crippen LogP contribution in [0.25, 0.3) is 0 Å². The minimum Gasteiger partial charge on any atom is -0.444 e. The van der Waals surface area contributed by atoms with Crippen molar-refractivity contribution in [3.63, 3.8) is 0 Å². The topological polar surface area (TPSA) is 75.8 Å². The molecule has 2 unspecified atom stereocenters. The summed E-state index contributed by atoms with van der Waals surface area (Å²) < 4.78 is 5.32. The number of nitrogens with zero attached hydrogens (tertiary/aromatic N) is 1. The van der Waals surface area contributed by atoms with Crippen LogP contribution in [0.1, 0.15) is 40.0 Å². The van der Waals surface area contributed by atoms with Gasteiger partial charge in [-0.15, -0.1) is 0 Å². The zero-order valence-electron chi connectivity index (χ0n) is 11.0. The van der Waals surface area contributed by atoms with Crippen molar-refractivity contribution in [2.24, 2.45) is 5.73 Å². The molecule has 0 aromatic carbocycles. The van der Waals surface area contributed by atoms with Gasteiger partial charge in [-0.25, -0.2) is 4.79 Å². The Bertz CT molecular complexity index is 263. The van der Waals surface area contributed by atoms with Gasteiger partial charge in [0.2, 0.25) is 0 Å². The lowest BCUT2D eigenvalue weighted by molar-refractivity contribution is 0.0143. The van der Waals surface area contributed by atoms with Crippen LogP contribution in [-0.2, 0) is 4.74 Å². The molecule has 3 N–H and O–H groups in total. The van der Waals surface area contributed by atoms with Crippen LogP contribution in [0.5, 0.6) is 0 Å². The molecule has 0 aromatic heterocycles. The van der Waals surface area contributed by atoms with Crippen molar-refractivity contribution in [1.82, 2.24) is 4.90 Å². The molecule has 2 atom stereocenters. The van der Waals surface area contributed by atoms with Crippen molar-refractivity contribution < 1.29 is 14.6 Å². The van der Waals surface area contributed by atoms with Crippen LogP contribution in [0.2, 0.25) is 0 Å². The first kappa shape index (κ1) is 14.3. The highest BCUT2D eigenvalue weighted by molar-refractivity contribution is 5.69. The fourth-order valence-corrected chi connectivity index (χ4v) is 2.06. The minimum absolute atomic E-state index is 0.145. The van der Waals surface area contributed by atoms with Gasteiger partial charge < -0.3 is 20.5 Å². The van der Waals surface area contributed by atoms with E-state index in [4.69, 9.17) is 10.5 Å². The molecule has 0 bridgehead atoms. The number of likely N-dealkylation sites (tertiary alicyclic amines) is 1. The van der Waals surface area contributed by atoms with Gasteiger partial charge in [-0.05, 0) is 46.6 Å². The standard InChI is InChI=1S/C12H24N2O3/c1-12(2,3)17-11(16)14-8-6-10(15)9(14)5-4-7-13/h9-10,15H,4-8,13H2,1-3H3. The summed E-state index contributed by atoms with van der Waals surface area (Å²) in [4.78, 5) is 13.6. The van der Waals surface area contributed by atoms with E-state index in [0.717, 1.165) is 12.8 Å². The largest absolute Gasteiger partial charge is 0.444 e. The minimum atomic E-state index is -0.497. The van der Waals surface area contributed by atoms with Crippen LogP contribution in [0.15, 0.2) is 0 Å². The lowest BCUT2D eigenvalue weighted by Gasteiger charge is -2.29. The van der Waals surface area contributed by atoms with Crippen LogP contribution in [0.4, 0.5) is 4.79 Å². The number of carbonyl (C=O) groups is 1. The van der Waals surface area contributed by atoms with E-state index >= 15 is 0 Å². The average molecular weight is 244 g/mol. The summed E-state index contributed by atoms with van der Waals surface area (Å²) in [7, 11) is 0. The predicted molar refractivity (Wildman–Crippen MR) is 65.6 cm³/mol. The van der Waals surface area contributed by atoms with Gasteiger partial charge in [0.15, 0.2) is 0 Å². The molecule has 1 rings (SSSR count). The molecule has 0 aromatic rings. The molecule has 1 aliphatic rings. The number of ether oxygens (including phenoxy) is 1. The van der Waals surface area contributed by atoms with Gasteiger partial charge in [0, 0.05) is 6.54 Å². The molecule has 0 aliphatic carbocycles. The van der Waals surface area contributed by atoms with E-state index in [-0.39, 0.29) is 12.1 Å². The molecule has 1 saturated heterocycles. The Morgan fingerprint density at radius 3 is 2.71 bits per heavy atom. The Labute approximate surface area is 103 Å². The highest BCUT2D eigenvalue weighted by Gasteiger charge is 2.37. The van der Waals surface area contributed by atoms with Crippen molar-refractivity contribution in [2.45, 2.75) is 57.8 Å². The van der Waals surface area contributed by atoms with E-state index in [9.17, 15) is 9.90 Å². The molecule has 5 nitrogen and oxygen atoms in total. The molecular formula is C12H24N2O3. The molecule has 1 amide bonds. The summed E-state index contributed by atoms with van der Waals surface area (Å²) in [5.74, 6) is 0. The molecule has 1 fully saturated rings. The average Bonchev–Trinajstić information content (AvgIpc) is 2.54. The zero-order valence-corrected chi connectivity index (χ0v) is 11.0. The first-order valence-electron chi connectivity index (χ1n) is 6.23. The number of hydrogen-bond donors (Lipinski definition) is 2. The summed E-state index contributed by atoms with van der Waals surface area (Å²) >= 11 is 0. The molecule has 0 spiro atoms. The molecule has 5 heteroatoms. The number of nitrogens with two attached hydrogens (primary N) is 1. The number of rotatable bonds is 3. The fourth-order valence-electron chi connectivity index (χ4n) is 2.06. The van der Waals surface area contributed by atoms with E-state index in [1.165, 1.54) is 0 Å². The van der Waals surface area contributed by atoms with Crippen molar-refractivity contribution in [3.05, 3.63) is 0 Å². The van der Waals surface area contributed by atoms with Crippen LogP contribution in [-0.4, -0.2) is 46.9 Å². The maximum absolute atomic E-state index is 11.9. The maximum atomic E-state index is 11.9. The highest BCUT2D eigenvalue weighted by Crippen LogP contribution is 2.24. The van der Waals surface area contributed by atoms with Gasteiger partial charge >= 0.3 is 6.09 Å². The second-order valence-electron chi connectivity index (χ2n) is 5.53. The molecule has 100 valence electrons. The van der Waals surface area contributed by atoms with Gasteiger partial charge in [0.25, 0.3) is 0 Å². The van der Waals surface area contributed by atoms with E-state index in [1.807, 2.05) is 20.8 Å². The van der Waals surface area contributed by atoms with E-state index in [1.54, 1.807) is 4.90 Å². The molecule has 17 heavy (non-hydrogen) atoms. The number of amides is 1. The van der Waals surface area contributed by atoms with Crippen molar-refractivity contribution in [1.29, 1.82) is 0 Å². The zero-order chi connectivity index (χ0) is 13.1. The summed E-state index contributed by atoms with van der Waals surface area (Å²) in [6, 6.07) is -0.145. The quantitative estimate of drug-likeness (QED) is 0.779. The van der Waals surface area contributed by atoms with Gasteiger partial charge in [-0.3, -0.25) is 0 Å². The number of aliphatic hydroxyl groups is 1.